The van der Waals surface area contributed by atoms with Crippen LogP contribution in [0.25, 0.3) is 0 Å². The summed E-state index contributed by atoms with van der Waals surface area (Å²) in [6.45, 7) is 0.302. The van der Waals surface area contributed by atoms with Crippen LogP contribution in [0.2, 0.25) is 0 Å². The van der Waals surface area contributed by atoms with Gasteiger partial charge in [0, 0.05) is 6.54 Å². The van der Waals surface area contributed by atoms with E-state index in [1.807, 2.05) is 0 Å². The number of hydrogen-bond donors (Lipinski definition) is 2. The van der Waals surface area contributed by atoms with Crippen molar-refractivity contribution in [2.24, 2.45) is 0 Å². The second-order valence-electron chi connectivity index (χ2n) is 5.59. The van der Waals surface area contributed by atoms with Crippen LogP contribution in [0.4, 0.5) is 5.69 Å². The maximum Gasteiger partial charge on any atom is 0.243 e. The summed E-state index contributed by atoms with van der Waals surface area (Å²) in [7, 11) is -3.73. The van der Waals surface area contributed by atoms with Gasteiger partial charge in [-0.2, -0.15) is 4.31 Å². The molecule has 2 aromatic rings. The Bertz CT molecular complexity index is 837. The van der Waals surface area contributed by atoms with Crippen LogP contribution in [0.3, 0.4) is 0 Å². The first-order valence-electron chi connectivity index (χ1n) is 7.66. The van der Waals surface area contributed by atoms with Gasteiger partial charge in [0.1, 0.15) is 11.8 Å². The molecular weight excluding hydrogens is 328 g/mol. The number of benzene rings is 2. The summed E-state index contributed by atoms with van der Waals surface area (Å²) in [5.41, 5.74) is 0.270. The highest BCUT2D eigenvalue weighted by Gasteiger charge is 2.39. The van der Waals surface area contributed by atoms with Gasteiger partial charge in [-0.05, 0) is 37.1 Å². The zero-order valence-corrected chi connectivity index (χ0v) is 13.7. The Kier molecular flexibility index (Phi) is 4.55. The minimum atomic E-state index is -3.73. The first-order chi connectivity index (χ1) is 11.5. The van der Waals surface area contributed by atoms with Gasteiger partial charge in [-0.3, -0.25) is 4.79 Å². The topological polar surface area (TPSA) is 86.7 Å². The number of phenolic OH excluding ortho intramolecular Hbond substituents is 1. The summed E-state index contributed by atoms with van der Waals surface area (Å²) >= 11 is 0. The summed E-state index contributed by atoms with van der Waals surface area (Å²) in [6, 6.07) is 13.7. The molecule has 0 aromatic heterocycles. The van der Waals surface area contributed by atoms with Gasteiger partial charge < -0.3 is 10.4 Å². The second kappa shape index (κ2) is 6.62. The van der Waals surface area contributed by atoms with Crippen molar-refractivity contribution in [1.29, 1.82) is 0 Å². The Morgan fingerprint density at radius 3 is 2.46 bits per heavy atom. The van der Waals surface area contributed by atoms with Crippen molar-refractivity contribution in [3.05, 3.63) is 54.6 Å². The Morgan fingerprint density at radius 2 is 1.75 bits per heavy atom. The van der Waals surface area contributed by atoms with Crippen molar-refractivity contribution in [3.8, 4) is 5.75 Å². The number of phenols is 1. The Balaban J connectivity index is 1.83. The van der Waals surface area contributed by atoms with Crippen LogP contribution in [0.15, 0.2) is 59.5 Å². The summed E-state index contributed by atoms with van der Waals surface area (Å²) in [4.78, 5) is 12.7. The number of nitrogens with zero attached hydrogens (tertiary/aromatic N) is 1. The molecule has 7 heteroatoms. The number of aromatic hydroxyl groups is 1. The van der Waals surface area contributed by atoms with Crippen LogP contribution in [-0.2, 0) is 14.8 Å². The average molecular weight is 346 g/mol. The molecule has 0 bridgehead atoms. The summed E-state index contributed by atoms with van der Waals surface area (Å²) in [5, 5.41) is 12.4. The molecule has 1 amide bonds. The predicted octanol–water partition coefficient (Wildman–Crippen LogP) is 2.18. The fourth-order valence-corrected chi connectivity index (χ4v) is 4.49. The average Bonchev–Trinajstić information content (AvgIpc) is 3.08. The third-order valence-electron chi connectivity index (χ3n) is 4.02. The molecule has 0 aliphatic carbocycles. The molecule has 24 heavy (non-hydrogen) atoms. The van der Waals surface area contributed by atoms with Crippen molar-refractivity contribution < 1.29 is 18.3 Å². The zero-order chi connectivity index (χ0) is 17.2. The lowest BCUT2D eigenvalue weighted by Gasteiger charge is -2.23. The van der Waals surface area contributed by atoms with Crippen molar-refractivity contribution in [1.82, 2.24) is 4.31 Å². The lowest BCUT2D eigenvalue weighted by Crippen LogP contribution is -2.43. The van der Waals surface area contributed by atoms with Gasteiger partial charge in [0.2, 0.25) is 15.9 Å². The van der Waals surface area contributed by atoms with E-state index in [9.17, 15) is 18.3 Å². The van der Waals surface area contributed by atoms with E-state index >= 15 is 0 Å². The Morgan fingerprint density at radius 1 is 1.08 bits per heavy atom. The largest absolute Gasteiger partial charge is 0.506 e. The van der Waals surface area contributed by atoms with E-state index in [1.165, 1.54) is 22.5 Å². The van der Waals surface area contributed by atoms with Gasteiger partial charge in [0.05, 0.1) is 10.6 Å². The minimum absolute atomic E-state index is 0.0543. The minimum Gasteiger partial charge on any atom is -0.506 e. The lowest BCUT2D eigenvalue weighted by atomic mass is 10.2. The SMILES string of the molecule is O=C(Nc1ccccc1O)[C@@H]1CCCN1S(=O)(=O)c1ccccc1. The number of amides is 1. The first-order valence-corrected chi connectivity index (χ1v) is 9.10. The number of rotatable bonds is 4. The second-order valence-corrected chi connectivity index (χ2v) is 7.48. The standard InChI is InChI=1S/C17H18N2O4S/c20-16-11-5-4-9-14(16)18-17(21)15-10-6-12-19(15)24(22,23)13-7-2-1-3-8-13/h1-5,7-9,11,15,20H,6,10,12H2,(H,18,21)/t15-/m0/s1. The van der Waals surface area contributed by atoms with Gasteiger partial charge in [-0.15, -0.1) is 0 Å². The van der Waals surface area contributed by atoms with E-state index in [1.54, 1.807) is 36.4 Å². The van der Waals surface area contributed by atoms with Crippen molar-refractivity contribution in [2.75, 3.05) is 11.9 Å². The lowest BCUT2D eigenvalue weighted by molar-refractivity contribution is -0.119. The van der Waals surface area contributed by atoms with E-state index in [2.05, 4.69) is 5.32 Å². The van der Waals surface area contributed by atoms with Crippen LogP contribution < -0.4 is 5.32 Å². The van der Waals surface area contributed by atoms with Gasteiger partial charge in [0.15, 0.2) is 0 Å². The van der Waals surface area contributed by atoms with Gasteiger partial charge >= 0.3 is 0 Å². The highest BCUT2D eigenvalue weighted by Crippen LogP contribution is 2.28. The molecule has 2 aromatic carbocycles. The summed E-state index contributed by atoms with van der Waals surface area (Å²) < 4.78 is 26.8. The van der Waals surface area contributed by atoms with Crippen LogP contribution in [0.5, 0.6) is 5.75 Å². The Labute approximate surface area is 140 Å². The van der Waals surface area contributed by atoms with Crippen LogP contribution >= 0.6 is 0 Å². The van der Waals surface area contributed by atoms with Gasteiger partial charge in [-0.1, -0.05) is 30.3 Å². The van der Waals surface area contributed by atoms with E-state index in [4.69, 9.17) is 0 Å². The molecule has 1 aliphatic rings. The fraction of sp³-hybridized carbons (Fsp3) is 0.235. The molecule has 2 N–H and O–H groups in total. The predicted molar refractivity (Wildman–Crippen MR) is 90.1 cm³/mol. The van der Waals surface area contributed by atoms with Gasteiger partial charge in [-0.25, -0.2) is 8.42 Å². The molecular formula is C17H18N2O4S. The van der Waals surface area contributed by atoms with E-state index < -0.39 is 22.0 Å². The molecule has 1 aliphatic heterocycles. The van der Waals surface area contributed by atoms with E-state index in [-0.39, 0.29) is 16.3 Å². The number of carbonyl (C=O) groups excluding carboxylic acids is 1. The third-order valence-corrected chi connectivity index (χ3v) is 5.94. The smallest absolute Gasteiger partial charge is 0.243 e. The maximum absolute atomic E-state index is 12.8. The molecule has 126 valence electrons. The highest BCUT2D eigenvalue weighted by atomic mass is 32.2. The molecule has 1 saturated heterocycles. The molecule has 0 radical (unpaired) electrons. The number of hydrogen-bond acceptors (Lipinski definition) is 4. The van der Waals surface area contributed by atoms with Crippen molar-refractivity contribution in [3.63, 3.8) is 0 Å². The first kappa shape index (κ1) is 16.5. The molecule has 1 fully saturated rings. The quantitative estimate of drug-likeness (QED) is 0.831. The number of anilines is 1. The van der Waals surface area contributed by atoms with E-state index in [0.29, 0.717) is 19.4 Å². The molecule has 1 atom stereocenters. The third kappa shape index (κ3) is 3.13. The number of sulfonamides is 1. The van der Waals surface area contributed by atoms with Crippen LogP contribution in [-0.4, -0.2) is 36.3 Å². The normalized spacial score (nSPS) is 18.4. The summed E-state index contributed by atoms with van der Waals surface area (Å²) in [5.74, 6) is -0.491. The molecule has 1 heterocycles. The molecule has 0 saturated carbocycles. The monoisotopic (exact) mass is 346 g/mol. The Hall–Kier alpha value is -2.38. The molecule has 0 spiro atoms. The van der Waals surface area contributed by atoms with Crippen molar-refractivity contribution >= 4 is 21.6 Å². The summed E-state index contributed by atoms with van der Waals surface area (Å²) in [6.07, 6.45) is 1.07. The fourth-order valence-electron chi connectivity index (χ4n) is 2.81. The number of para-hydroxylation sites is 2. The van der Waals surface area contributed by atoms with Crippen LogP contribution in [0, 0.1) is 0 Å². The van der Waals surface area contributed by atoms with Crippen molar-refractivity contribution in [2.45, 2.75) is 23.8 Å². The maximum atomic E-state index is 12.8. The molecule has 3 rings (SSSR count). The number of carbonyl (C=O) groups is 1. The molecule has 0 unspecified atom stereocenters. The van der Waals surface area contributed by atoms with Gasteiger partial charge in [0.25, 0.3) is 0 Å². The highest BCUT2D eigenvalue weighted by molar-refractivity contribution is 7.89. The molecule has 6 nitrogen and oxygen atoms in total. The van der Waals surface area contributed by atoms with E-state index in [0.717, 1.165) is 0 Å². The van der Waals surface area contributed by atoms with Crippen LogP contribution in [0.1, 0.15) is 12.8 Å². The number of nitrogens with one attached hydrogen (secondary N) is 1. The zero-order valence-electron chi connectivity index (χ0n) is 12.9.